The summed E-state index contributed by atoms with van der Waals surface area (Å²) in [6.45, 7) is 4.33. The van der Waals surface area contributed by atoms with Crippen molar-refractivity contribution < 1.29 is 19.4 Å². The zero-order valence-corrected chi connectivity index (χ0v) is 16.1. The lowest BCUT2D eigenvalue weighted by Crippen LogP contribution is -2.39. The number of benzene rings is 1. The highest BCUT2D eigenvalue weighted by atomic mass is 35.5. The van der Waals surface area contributed by atoms with Gasteiger partial charge in [0.25, 0.3) is 0 Å². The van der Waals surface area contributed by atoms with E-state index in [1.54, 1.807) is 24.3 Å². The Labute approximate surface area is 162 Å². The van der Waals surface area contributed by atoms with Crippen molar-refractivity contribution in [3.63, 3.8) is 0 Å². The van der Waals surface area contributed by atoms with E-state index in [9.17, 15) is 4.79 Å². The number of aromatic carboxylic acids is 1. The van der Waals surface area contributed by atoms with Crippen LogP contribution < -0.4 is 4.74 Å². The molecule has 146 valence electrons. The molecule has 6 heteroatoms. The van der Waals surface area contributed by atoms with Crippen molar-refractivity contribution in [1.82, 2.24) is 4.90 Å². The smallest absolute Gasteiger partial charge is 0.339 e. The Morgan fingerprint density at radius 3 is 2.50 bits per heavy atom. The number of ether oxygens (including phenoxy) is 2. The Kier molecular flexibility index (Phi) is 8.69. The minimum absolute atomic E-state index is 0. The van der Waals surface area contributed by atoms with Gasteiger partial charge < -0.3 is 14.6 Å². The van der Waals surface area contributed by atoms with Crippen molar-refractivity contribution in [2.45, 2.75) is 44.6 Å². The van der Waals surface area contributed by atoms with Crippen molar-refractivity contribution in [3.8, 4) is 5.75 Å². The number of carboxylic acid groups (broad SMARTS) is 1. The van der Waals surface area contributed by atoms with Gasteiger partial charge in [-0.25, -0.2) is 4.79 Å². The Morgan fingerprint density at radius 2 is 1.81 bits per heavy atom. The van der Waals surface area contributed by atoms with E-state index in [4.69, 9.17) is 14.6 Å². The largest absolute Gasteiger partial charge is 0.491 e. The molecule has 26 heavy (non-hydrogen) atoms. The van der Waals surface area contributed by atoms with Crippen molar-refractivity contribution in [2.24, 2.45) is 5.92 Å². The molecule has 1 aliphatic heterocycles. The van der Waals surface area contributed by atoms with E-state index in [0.717, 1.165) is 45.0 Å². The predicted octanol–water partition coefficient (Wildman–Crippen LogP) is 3.86. The fraction of sp³-hybridized carbons (Fsp3) is 0.650. The molecule has 1 heterocycles. The van der Waals surface area contributed by atoms with Crippen molar-refractivity contribution in [3.05, 3.63) is 29.8 Å². The third kappa shape index (κ3) is 6.15. The Balaban J connectivity index is 0.00000243. The summed E-state index contributed by atoms with van der Waals surface area (Å²) in [5.41, 5.74) is 0.224. The summed E-state index contributed by atoms with van der Waals surface area (Å²) in [7, 11) is 0. The lowest BCUT2D eigenvalue weighted by molar-refractivity contribution is -0.00987. The summed E-state index contributed by atoms with van der Waals surface area (Å²) in [4.78, 5) is 13.5. The molecule has 0 radical (unpaired) electrons. The maximum absolute atomic E-state index is 11.2. The number of hydrogen-bond donors (Lipinski definition) is 1. The van der Waals surface area contributed by atoms with Crippen molar-refractivity contribution >= 4 is 18.4 Å². The molecule has 1 aliphatic carbocycles. The van der Waals surface area contributed by atoms with E-state index in [1.165, 1.54) is 25.7 Å². The summed E-state index contributed by atoms with van der Waals surface area (Å²) in [6, 6.07) is 6.80. The zero-order valence-electron chi connectivity index (χ0n) is 15.3. The van der Waals surface area contributed by atoms with Gasteiger partial charge in [0.05, 0.1) is 6.10 Å². The van der Waals surface area contributed by atoms with Crippen LogP contribution in [-0.2, 0) is 4.74 Å². The minimum Gasteiger partial charge on any atom is -0.491 e. The number of carbonyl (C=O) groups is 1. The van der Waals surface area contributed by atoms with E-state index in [0.29, 0.717) is 18.5 Å². The number of rotatable bonds is 8. The molecule has 3 rings (SSSR count). The summed E-state index contributed by atoms with van der Waals surface area (Å²) in [5, 5.41) is 9.17. The number of hydrogen-bond acceptors (Lipinski definition) is 4. The van der Waals surface area contributed by atoms with Gasteiger partial charge in [0.1, 0.15) is 17.9 Å². The standard InChI is InChI=1S/C20H29NO4.ClH/c22-20(23)18-7-3-4-8-19(18)24-14-13-21-11-9-17(10-12-21)25-15-16-5-1-2-6-16;/h3-4,7-8,16-17H,1-2,5-6,9-15H2,(H,22,23);1H. The van der Waals surface area contributed by atoms with Crippen molar-refractivity contribution in [1.29, 1.82) is 0 Å². The molecule has 1 N–H and O–H groups in total. The SMILES string of the molecule is Cl.O=C(O)c1ccccc1OCCN1CCC(OCC2CCCC2)CC1. The number of piperidine rings is 1. The summed E-state index contributed by atoms with van der Waals surface area (Å²) in [5.74, 6) is 0.293. The molecule has 1 aromatic carbocycles. The fourth-order valence-electron chi connectivity index (χ4n) is 3.80. The van der Waals surface area contributed by atoms with E-state index in [1.807, 2.05) is 0 Å². The Bertz CT molecular complexity index is 554. The van der Waals surface area contributed by atoms with Crippen LogP contribution >= 0.6 is 12.4 Å². The van der Waals surface area contributed by atoms with Gasteiger partial charge in [0.2, 0.25) is 0 Å². The first kappa shape index (κ1) is 21.0. The molecule has 1 saturated heterocycles. The second-order valence-corrected chi connectivity index (χ2v) is 7.17. The van der Waals surface area contributed by atoms with Gasteiger partial charge in [0, 0.05) is 26.2 Å². The van der Waals surface area contributed by atoms with Crippen LogP contribution in [0.15, 0.2) is 24.3 Å². The molecule has 0 atom stereocenters. The highest BCUT2D eigenvalue weighted by Crippen LogP contribution is 2.26. The maximum atomic E-state index is 11.2. The van der Waals surface area contributed by atoms with Crippen LogP contribution in [0.4, 0.5) is 0 Å². The summed E-state index contributed by atoms with van der Waals surface area (Å²) < 4.78 is 11.8. The highest BCUT2D eigenvalue weighted by Gasteiger charge is 2.22. The summed E-state index contributed by atoms with van der Waals surface area (Å²) in [6.07, 6.45) is 8.00. The minimum atomic E-state index is -0.948. The molecule has 2 aliphatic rings. The average molecular weight is 384 g/mol. The van der Waals surface area contributed by atoms with Gasteiger partial charge in [0.15, 0.2) is 0 Å². The van der Waals surface area contributed by atoms with E-state index in [-0.39, 0.29) is 18.0 Å². The first-order valence-corrected chi connectivity index (χ1v) is 9.51. The van der Waals surface area contributed by atoms with Crippen LogP contribution in [-0.4, -0.2) is 54.9 Å². The van der Waals surface area contributed by atoms with E-state index in [2.05, 4.69) is 4.90 Å². The first-order valence-electron chi connectivity index (χ1n) is 9.51. The Hall–Kier alpha value is -1.30. The number of nitrogens with zero attached hydrogens (tertiary/aromatic N) is 1. The molecular weight excluding hydrogens is 354 g/mol. The van der Waals surface area contributed by atoms with Crippen LogP contribution in [0.5, 0.6) is 5.75 Å². The third-order valence-electron chi connectivity index (χ3n) is 5.36. The van der Waals surface area contributed by atoms with E-state index >= 15 is 0 Å². The second-order valence-electron chi connectivity index (χ2n) is 7.17. The molecule has 1 saturated carbocycles. The third-order valence-corrected chi connectivity index (χ3v) is 5.36. The fourth-order valence-corrected chi connectivity index (χ4v) is 3.80. The van der Waals surface area contributed by atoms with Crippen LogP contribution in [0.1, 0.15) is 48.9 Å². The number of carboxylic acids is 1. The van der Waals surface area contributed by atoms with Gasteiger partial charge >= 0.3 is 5.97 Å². The molecule has 5 nitrogen and oxygen atoms in total. The lowest BCUT2D eigenvalue weighted by Gasteiger charge is -2.32. The molecule has 0 unspecified atom stereocenters. The molecular formula is C20H30ClNO4. The lowest BCUT2D eigenvalue weighted by atomic mass is 10.1. The van der Waals surface area contributed by atoms with Crippen LogP contribution in [0.25, 0.3) is 0 Å². The van der Waals surface area contributed by atoms with Crippen LogP contribution in [0.2, 0.25) is 0 Å². The zero-order chi connectivity index (χ0) is 17.5. The molecule has 0 bridgehead atoms. The Morgan fingerprint density at radius 1 is 1.12 bits per heavy atom. The van der Waals surface area contributed by atoms with Gasteiger partial charge in [-0.1, -0.05) is 25.0 Å². The molecule has 0 amide bonds. The first-order chi connectivity index (χ1) is 12.2. The van der Waals surface area contributed by atoms with Gasteiger partial charge in [-0.15, -0.1) is 12.4 Å². The maximum Gasteiger partial charge on any atom is 0.339 e. The van der Waals surface area contributed by atoms with Gasteiger partial charge in [-0.05, 0) is 43.7 Å². The number of para-hydroxylation sites is 1. The highest BCUT2D eigenvalue weighted by molar-refractivity contribution is 5.90. The molecule has 1 aromatic rings. The number of likely N-dealkylation sites (tertiary alicyclic amines) is 1. The second kappa shape index (κ2) is 10.8. The quantitative estimate of drug-likeness (QED) is 0.738. The van der Waals surface area contributed by atoms with Crippen molar-refractivity contribution in [2.75, 3.05) is 32.8 Å². The van der Waals surface area contributed by atoms with Gasteiger partial charge in [-0.3, -0.25) is 4.90 Å². The average Bonchev–Trinajstić information content (AvgIpc) is 3.15. The summed E-state index contributed by atoms with van der Waals surface area (Å²) >= 11 is 0. The predicted molar refractivity (Wildman–Crippen MR) is 104 cm³/mol. The normalized spacial score (nSPS) is 19.2. The van der Waals surface area contributed by atoms with E-state index < -0.39 is 5.97 Å². The van der Waals surface area contributed by atoms with Gasteiger partial charge in [-0.2, -0.15) is 0 Å². The monoisotopic (exact) mass is 383 g/mol. The molecule has 0 aromatic heterocycles. The molecule has 2 fully saturated rings. The van der Waals surface area contributed by atoms with Crippen LogP contribution in [0.3, 0.4) is 0 Å². The molecule has 0 spiro atoms. The topological polar surface area (TPSA) is 59.0 Å². The number of halogens is 1. The van der Waals surface area contributed by atoms with Crippen LogP contribution in [0, 0.1) is 5.92 Å².